The lowest BCUT2D eigenvalue weighted by Gasteiger charge is -2.42. The van der Waals surface area contributed by atoms with Gasteiger partial charge in [0, 0.05) is 18.6 Å². The molecule has 3 rings (SSSR count). The Kier molecular flexibility index (Phi) is 4.04. The number of methoxy groups -OCH3 is 1. The minimum atomic E-state index is -0.412. The largest absolute Gasteiger partial charge is 0.468 e. The third kappa shape index (κ3) is 2.86. The molecular formula is C16H28N2O2. The molecular weight excluding hydrogens is 252 g/mol. The Labute approximate surface area is 122 Å². The van der Waals surface area contributed by atoms with Crippen LogP contribution in [-0.4, -0.2) is 48.7 Å². The van der Waals surface area contributed by atoms with Crippen LogP contribution in [0.1, 0.15) is 51.9 Å². The molecule has 4 nitrogen and oxygen atoms in total. The van der Waals surface area contributed by atoms with Crippen molar-refractivity contribution >= 4 is 5.97 Å². The summed E-state index contributed by atoms with van der Waals surface area (Å²) in [6, 6.07) is 1.10. The molecule has 1 N–H and O–H groups in total. The van der Waals surface area contributed by atoms with E-state index in [2.05, 4.69) is 17.1 Å². The summed E-state index contributed by atoms with van der Waals surface area (Å²) in [5, 5.41) is 3.62. The topological polar surface area (TPSA) is 41.6 Å². The molecule has 2 saturated carbocycles. The Morgan fingerprint density at radius 2 is 2.10 bits per heavy atom. The van der Waals surface area contributed by atoms with E-state index < -0.39 is 5.54 Å². The van der Waals surface area contributed by atoms with E-state index in [1.54, 1.807) is 0 Å². The van der Waals surface area contributed by atoms with E-state index in [4.69, 9.17) is 4.74 Å². The van der Waals surface area contributed by atoms with Crippen LogP contribution < -0.4 is 5.32 Å². The van der Waals surface area contributed by atoms with Crippen LogP contribution in [-0.2, 0) is 9.53 Å². The van der Waals surface area contributed by atoms with Gasteiger partial charge < -0.3 is 9.64 Å². The summed E-state index contributed by atoms with van der Waals surface area (Å²) in [5.41, 5.74) is -0.412. The second-order valence-corrected chi connectivity index (χ2v) is 7.13. The third-order valence-corrected chi connectivity index (χ3v) is 5.33. The highest BCUT2D eigenvalue weighted by Crippen LogP contribution is 2.37. The van der Waals surface area contributed by atoms with Gasteiger partial charge in [-0.1, -0.05) is 6.92 Å². The van der Waals surface area contributed by atoms with Crippen molar-refractivity contribution in [3.8, 4) is 0 Å². The van der Waals surface area contributed by atoms with Gasteiger partial charge in [-0.15, -0.1) is 0 Å². The highest BCUT2D eigenvalue weighted by Gasteiger charge is 2.48. The van der Waals surface area contributed by atoms with Gasteiger partial charge in [-0.2, -0.15) is 0 Å². The minimum absolute atomic E-state index is 0.0404. The lowest BCUT2D eigenvalue weighted by molar-refractivity contribution is -0.151. The fourth-order valence-corrected chi connectivity index (χ4v) is 4.05. The molecule has 1 heterocycles. The first kappa shape index (κ1) is 14.3. The summed E-state index contributed by atoms with van der Waals surface area (Å²) in [5.74, 6) is 0.766. The maximum Gasteiger partial charge on any atom is 0.326 e. The van der Waals surface area contributed by atoms with Crippen molar-refractivity contribution in [2.75, 3.05) is 20.2 Å². The van der Waals surface area contributed by atoms with E-state index in [0.717, 1.165) is 25.2 Å². The molecule has 0 radical (unpaired) electrons. The molecule has 0 amide bonds. The van der Waals surface area contributed by atoms with E-state index in [1.165, 1.54) is 45.9 Å². The SMILES string of the molecule is COC(=O)C1(NC2CC2)CCCC(N2CCC(C)C2)C1. The molecule has 2 aliphatic carbocycles. The number of ether oxygens (including phenoxy) is 1. The number of carbonyl (C=O) groups is 1. The van der Waals surface area contributed by atoms with Gasteiger partial charge in [0.2, 0.25) is 0 Å². The van der Waals surface area contributed by atoms with Crippen LogP contribution in [0.5, 0.6) is 0 Å². The highest BCUT2D eigenvalue weighted by atomic mass is 16.5. The van der Waals surface area contributed by atoms with Crippen LogP contribution in [0, 0.1) is 5.92 Å². The summed E-state index contributed by atoms with van der Waals surface area (Å²) in [4.78, 5) is 15.0. The molecule has 1 aliphatic heterocycles. The van der Waals surface area contributed by atoms with Crippen molar-refractivity contribution in [2.45, 2.75) is 69.5 Å². The standard InChI is InChI=1S/C16H28N2O2/c1-12-7-9-18(11-12)14-4-3-8-16(10-14,15(19)20-2)17-13-5-6-13/h12-14,17H,3-11H2,1-2H3. The molecule has 0 aromatic heterocycles. The Hall–Kier alpha value is -0.610. The number of rotatable bonds is 4. The summed E-state index contributed by atoms with van der Waals surface area (Å²) in [6.07, 6.45) is 7.97. The van der Waals surface area contributed by atoms with Gasteiger partial charge in [0.15, 0.2) is 0 Å². The monoisotopic (exact) mass is 280 g/mol. The normalized spacial score (nSPS) is 38.9. The lowest BCUT2D eigenvalue weighted by Crippen LogP contribution is -2.59. The maximum atomic E-state index is 12.4. The van der Waals surface area contributed by atoms with Crippen LogP contribution in [0.2, 0.25) is 0 Å². The first-order valence-electron chi connectivity index (χ1n) is 8.23. The number of carbonyl (C=O) groups excluding carboxylic acids is 1. The molecule has 0 spiro atoms. The van der Waals surface area contributed by atoms with Crippen LogP contribution in [0.3, 0.4) is 0 Å². The number of hydrogen-bond donors (Lipinski definition) is 1. The fourth-order valence-electron chi connectivity index (χ4n) is 4.05. The lowest BCUT2D eigenvalue weighted by atomic mass is 9.78. The third-order valence-electron chi connectivity index (χ3n) is 5.33. The zero-order valence-electron chi connectivity index (χ0n) is 12.9. The second kappa shape index (κ2) is 5.64. The Balaban J connectivity index is 1.70. The number of hydrogen-bond acceptors (Lipinski definition) is 4. The molecule has 0 bridgehead atoms. The fraction of sp³-hybridized carbons (Fsp3) is 0.938. The van der Waals surface area contributed by atoms with Gasteiger partial charge in [0.05, 0.1) is 7.11 Å². The first-order chi connectivity index (χ1) is 9.63. The average Bonchev–Trinajstić information content (AvgIpc) is 3.16. The summed E-state index contributed by atoms with van der Waals surface area (Å²) in [6.45, 7) is 4.73. The molecule has 3 fully saturated rings. The molecule has 3 atom stereocenters. The van der Waals surface area contributed by atoms with Gasteiger partial charge >= 0.3 is 5.97 Å². The number of nitrogens with zero attached hydrogens (tertiary/aromatic N) is 1. The Morgan fingerprint density at radius 1 is 1.30 bits per heavy atom. The molecule has 1 saturated heterocycles. The molecule has 20 heavy (non-hydrogen) atoms. The quantitative estimate of drug-likeness (QED) is 0.799. The van der Waals surface area contributed by atoms with Crippen LogP contribution in [0.4, 0.5) is 0 Å². The van der Waals surface area contributed by atoms with Gasteiger partial charge in [0.25, 0.3) is 0 Å². The van der Waals surface area contributed by atoms with E-state index in [0.29, 0.717) is 12.1 Å². The van der Waals surface area contributed by atoms with Gasteiger partial charge in [-0.05, 0) is 57.4 Å². The predicted molar refractivity (Wildman–Crippen MR) is 78.5 cm³/mol. The van der Waals surface area contributed by atoms with Crippen molar-refractivity contribution in [3.05, 3.63) is 0 Å². The molecule has 0 aromatic rings. The average molecular weight is 280 g/mol. The molecule has 0 aromatic carbocycles. The van der Waals surface area contributed by atoms with Crippen molar-refractivity contribution in [1.82, 2.24) is 10.2 Å². The van der Waals surface area contributed by atoms with Crippen LogP contribution in [0.25, 0.3) is 0 Å². The predicted octanol–water partition coefficient (Wildman–Crippen LogP) is 1.93. The molecule has 114 valence electrons. The summed E-state index contributed by atoms with van der Waals surface area (Å²) < 4.78 is 5.13. The molecule has 4 heteroatoms. The number of likely N-dealkylation sites (tertiary alicyclic amines) is 1. The zero-order valence-corrected chi connectivity index (χ0v) is 12.9. The van der Waals surface area contributed by atoms with E-state index in [9.17, 15) is 4.79 Å². The highest BCUT2D eigenvalue weighted by molar-refractivity contribution is 5.81. The van der Waals surface area contributed by atoms with Gasteiger partial charge in [0.1, 0.15) is 5.54 Å². The Bertz CT molecular complexity index is 369. The van der Waals surface area contributed by atoms with Gasteiger partial charge in [-0.3, -0.25) is 10.1 Å². The molecule has 3 aliphatic rings. The van der Waals surface area contributed by atoms with E-state index in [1.807, 2.05) is 0 Å². The second-order valence-electron chi connectivity index (χ2n) is 7.13. The van der Waals surface area contributed by atoms with E-state index >= 15 is 0 Å². The van der Waals surface area contributed by atoms with Crippen LogP contribution in [0.15, 0.2) is 0 Å². The molecule has 3 unspecified atom stereocenters. The first-order valence-corrected chi connectivity index (χ1v) is 8.23. The smallest absolute Gasteiger partial charge is 0.326 e. The van der Waals surface area contributed by atoms with Crippen molar-refractivity contribution in [1.29, 1.82) is 0 Å². The summed E-state index contributed by atoms with van der Waals surface area (Å²) in [7, 11) is 1.53. The van der Waals surface area contributed by atoms with Crippen LogP contribution >= 0.6 is 0 Å². The van der Waals surface area contributed by atoms with Crippen molar-refractivity contribution in [2.24, 2.45) is 5.92 Å². The Morgan fingerprint density at radius 3 is 2.70 bits per heavy atom. The van der Waals surface area contributed by atoms with Crippen molar-refractivity contribution in [3.63, 3.8) is 0 Å². The maximum absolute atomic E-state index is 12.4. The summed E-state index contributed by atoms with van der Waals surface area (Å²) >= 11 is 0. The van der Waals surface area contributed by atoms with Gasteiger partial charge in [-0.25, -0.2) is 0 Å². The zero-order chi connectivity index (χ0) is 14.2. The van der Waals surface area contributed by atoms with E-state index in [-0.39, 0.29) is 5.97 Å². The minimum Gasteiger partial charge on any atom is -0.468 e. The number of esters is 1. The van der Waals surface area contributed by atoms with Crippen molar-refractivity contribution < 1.29 is 9.53 Å². The number of nitrogens with one attached hydrogen (secondary N) is 1.